The molecule has 0 aromatic heterocycles. The second-order valence-electron chi connectivity index (χ2n) is 21.6. The largest absolute Gasteiger partial charge is 0.461 e. The van der Waals surface area contributed by atoms with E-state index in [4.69, 9.17) is 14.2 Å². The summed E-state index contributed by atoms with van der Waals surface area (Å²) in [5, 5.41) is 36.9. The number of carbonyl (C=O) groups excluding carboxylic acids is 3. The number of nitrogens with one attached hydrogen (secondary N) is 1. The van der Waals surface area contributed by atoms with Crippen molar-refractivity contribution in [3.8, 4) is 0 Å². The third-order valence-corrected chi connectivity index (χ3v) is 15.7. The molecule has 4 saturated carbocycles. The maximum Gasteiger partial charge on any atom is 0.408 e. The van der Waals surface area contributed by atoms with E-state index in [2.05, 4.69) is 39.9 Å². The Morgan fingerprint density at radius 1 is 0.860 bits per heavy atom. The number of hydrogen-bond donors (Lipinski definition) is 4. The molecule has 4 fully saturated rings. The molecule has 0 bridgehead atoms. The van der Waals surface area contributed by atoms with Crippen LogP contribution >= 0.6 is 0 Å². The second kappa shape index (κ2) is 16.4. The molecule has 0 heterocycles. The molecular formula is C47H75NO9. The minimum Gasteiger partial charge on any atom is -0.461 e. The van der Waals surface area contributed by atoms with Gasteiger partial charge in [-0.1, -0.05) is 65.0 Å². The summed E-state index contributed by atoms with van der Waals surface area (Å²) in [6, 6.07) is 8.19. The molecule has 4 N–H and O–H groups in total. The van der Waals surface area contributed by atoms with Crippen molar-refractivity contribution in [3.05, 3.63) is 35.9 Å². The zero-order valence-electron chi connectivity index (χ0n) is 36.9. The Labute approximate surface area is 342 Å². The Balaban J connectivity index is 1.47. The van der Waals surface area contributed by atoms with Crippen LogP contribution in [0.4, 0.5) is 4.79 Å². The van der Waals surface area contributed by atoms with Gasteiger partial charge >= 0.3 is 18.0 Å². The molecule has 10 heteroatoms. The average Bonchev–Trinajstić information content (AvgIpc) is 3.47. The zero-order valence-corrected chi connectivity index (χ0v) is 36.9. The van der Waals surface area contributed by atoms with Gasteiger partial charge in [0.2, 0.25) is 0 Å². The third-order valence-electron chi connectivity index (χ3n) is 15.7. The van der Waals surface area contributed by atoms with Gasteiger partial charge in [0.05, 0.1) is 17.3 Å². The van der Waals surface area contributed by atoms with Crippen molar-refractivity contribution in [2.45, 2.75) is 195 Å². The molecule has 0 saturated heterocycles. The van der Waals surface area contributed by atoms with E-state index in [1.54, 1.807) is 34.6 Å². The van der Waals surface area contributed by atoms with Crippen LogP contribution in [0.3, 0.4) is 0 Å². The highest BCUT2D eigenvalue weighted by atomic mass is 16.6. The number of fused-ring (bicyclic) bond motifs is 5. The number of benzene rings is 1. The topological polar surface area (TPSA) is 152 Å². The van der Waals surface area contributed by atoms with Crippen molar-refractivity contribution in [1.82, 2.24) is 5.32 Å². The van der Waals surface area contributed by atoms with Gasteiger partial charge in [0, 0.05) is 12.3 Å². The number of esters is 2. The van der Waals surface area contributed by atoms with Crippen molar-refractivity contribution >= 4 is 18.0 Å². The highest BCUT2D eigenvalue weighted by molar-refractivity contribution is 5.82. The molecule has 4 aliphatic rings. The van der Waals surface area contributed by atoms with Crippen molar-refractivity contribution < 1.29 is 43.9 Å². The standard InChI is InChI=1S/C47H75NO9/c1-41(2,3)57-40(52)48-32(18-19-37(50)55-29-30-16-13-12-14-17-30)39(51)56-33-28-35-44(8)25-22-36(49)43(6,7)34(44)21-27-45(35,9)46(10)26-20-31(38(33)46)47(11,54)24-15-23-42(4,5)53/h12-14,16-17,31-36,38,49,53-54H,15,18-29H2,1-11H3,(H,48,52)/t31?,32-,33+,34+,35+,36-,38-,44-,45+,46+,47+/m0/s1. The maximum atomic E-state index is 14.6. The minimum absolute atomic E-state index is 0.0363. The fraction of sp³-hybridized carbons (Fsp3) is 0.809. The number of amides is 1. The lowest BCUT2D eigenvalue weighted by atomic mass is 9.35. The Hall–Kier alpha value is -2.69. The summed E-state index contributed by atoms with van der Waals surface area (Å²) < 4.78 is 17.8. The maximum absolute atomic E-state index is 14.6. The lowest BCUT2D eigenvalue weighted by Crippen LogP contribution is -2.67. The van der Waals surface area contributed by atoms with Crippen LogP contribution < -0.4 is 5.32 Å². The summed E-state index contributed by atoms with van der Waals surface area (Å²) in [5.74, 6) is -0.991. The van der Waals surface area contributed by atoms with Crippen LogP contribution in [0.25, 0.3) is 0 Å². The number of carbonyl (C=O) groups is 3. The first-order valence-electron chi connectivity index (χ1n) is 21.8. The van der Waals surface area contributed by atoms with Gasteiger partial charge in [0.25, 0.3) is 0 Å². The first-order chi connectivity index (χ1) is 26.2. The molecule has 5 rings (SSSR count). The molecule has 1 unspecified atom stereocenters. The Kier molecular flexibility index (Phi) is 13.1. The van der Waals surface area contributed by atoms with Crippen LogP contribution in [-0.2, 0) is 30.4 Å². The van der Waals surface area contributed by atoms with E-state index < -0.39 is 47.0 Å². The average molecular weight is 798 g/mol. The number of aliphatic hydroxyl groups excluding tert-OH is 1. The van der Waals surface area contributed by atoms with Gasteiger partial charge in [-0.15, -0.1) is 0 Å². The summed E-state index contributed by atoms with van der Waals surface area (Å²) in [4.78, 5) is 40.8. The van der Waals surface area contributed by atoms with E-state index >= 15 is 0 Å². The molecule has 4 aliphatic carbocycles. The normalized spacial score (nSPS) is 35.1. The molecule has 11 atom stereocenters. The van der Waals surface area contributed by atoms with Crippen LogP contribution in [0.15, 0.2) is 30.3 Å². The van der Waals surface area contributed by atoms with Crippen LogP contribution in [0.5, 0.6) is 0 Å². The fourth-order valence-electron chi connectivity index (χ4n) is 12.6. The van der Waals surface area contributed by atoms with Crippen LogP contribution in [0.2, 0.25) is 0 Å². The van der Waals surface area contributed by atoms with Crippen LogP contribution in [0.1, 0.15) is 159 Å². The monoisotopic (exact) mass is 798 g/mol. The molecule has 1 amide bonds. The van der Waals surface area contributed by atoms with Crippen molar-refractivity contribution in [2.75, 3.05) is 0 Å². The van der Waals surface area contributed by atoms with Gasteiger partial charge in [-0.25, -0.2) is 9.59 Å². The Bertz CT molecular complexity index is 1580. The van der Waals surface area contributed by atoms with E-state index in [0.29, 0.717) is 25.7 Å². The summed E-state index contributed by atoms with van der Waals surface area (Å²) in [6.45, 7) is 22.5. The molecule has 1 aromatic rings. The Morgan fingerprint density at radius 2 is 1.51 bits per heavy atom. The summed E-state index contributed by atoms with van der Waals surface area (Å²) in [5.41, 5.74) is -2.66. The second-order valence-corrected chi connectivity index (χ2v) is 21.6. The first kappa shape index (κ1) is 45.4. The molecule has 0 radical (unpaired) electrons. The van der Waals surface area contributed by atoms with Gasteiger partial charge in [0.15, 0.2) is 0 Å². The predicted molar refractivity (Wildman–Crippen MR) is 220 cm³/mol. The van der Waals surface area contributed by atoms with Gasteiger partial charge in [-0.05, 0) is 157 Å². The van der Waals surface area contributed by atoms with E-state index in [9.17, 15) is 29.7 Å². The lowest BCUT2D eigenvalue weighted by molar-refractivity contribution is -0.251. The summed E-state index contributed by atoms with van der Waals surface area (Å²) >= 11 is 0. The molecule has 57 heavy (non-hydrogen) atoms. The van der Waals surface area contributed by atoms with Crippen molar-refractivity contribution in [1.29, 1.82) is 0 Å². The molecule has 10 nitrogen and oxygen atoms in total. The van der Waals surface area contributed by atoms with E-state index in [1.165, 1.54) is 0 Å². The van der Waals surface area contributed by atoms with E-state index in [1.807, 2.05) is 37.3 Å². The third kappa shape index (κ3) is 9.54. The number of hydrogen-bond acceptors (Lipinski definition) is 9. The number of aliphatic hydroxyl groups is 3. The zero-order chi connectivity index (χ0) is 42.4. The molecule has 1 aromatic carbocycles. The highest BCUT2D eigenvalue weighted by Gasteiger charge is 2.72. The van der Waals surface area contributed by atoms with Crippen LogP contribution in [-0.4, -0.2) is 68.4 Å². The van der Waals surface area contributed by atoms with Crippen LogP contribution in [0, 0.1) is 45.3 Å². The number of ether oxygens (including phenoxy) is 3. The molecule has 322 valence electrons. The van der Waals surface area contributed by atoms with Gasteiger partial charge < -0.3 is 34.8 Å². The fourth-order valence-corrected chi connectivity index (χ4v) is 12.6. The van der Waals surface area contributed by atoms with E-state index in [-0.39, 0.29) is 70.9 Å². The predicted octanol–water partition coefficient (Wildman–Crippen LogP) is 8.66. The summed E-state index contributed by atoms with van der Waals surface area (Å²) in [7, 11) is 0. The van der Waals surface area contributed by atoms with Crippen molar-refractivity contribution in [2.24, 2.45) is 45.3 Å². The van der Waals surface area contributed by atoms with Crippen molar-refractivity contribution in [3.63, 3.8) is 0 Å². The smallest absolute Gasteiger partial charge is 0.408 e. The highest BCUT2D eigenvalue weighted by Crippen LogP contribution is 2.76. The molecular weight excluding hydrogens is 723 g/mol. The van der Waals surface area contributed by atoms with E-state index in [0.717, 1.165) is 44.1 Å². The molecule has 0 spiro atoms. The quantitative estimate of drug-likeness (QED) is 0.114. The van der Waals surface area contributed by atoms with Gasteiger partial charge in [-0.2, -0.15) is 0 Å². The van der Waals surface area contributed by atoms with Gasteiger partial charge in [-0.3, -0.25) is 4.79 Å². The first-order valence-corrected chi connectivity index (χ1v) is 21.8. The summed E-state index contributed by atoms with van der Waals surface area (Å²) in [6.07, 6.45) is 5.72. The Morgan fingerprint density at radius 3 is 2.14 bits per heavy atom. The molecule has 0 aliphatic heterocycles. The van der Waals surface area contributed by atoms with Gasteiger partial charge in [0.1, 0.15) is 24.4 Å². The SMILES string of the molecule is CC(C)(O)CCC[C@@](C)(O)C1CC[C@]2(C)[C@@H]1[C@H](OC(=O)[C@H](CCC(=O)OCc1ccccc1)NC(=O)OC(C)(C)C)C[C@@H]1[C@@]3(C)CC[C@H](O)C(C)(C)[C@H]3CC[C@]12C. The lowest BCUT2D eigenvalue weighted by Gasteiger charge is -2.70. The minimum atomic E-state index is -1.17. The number of rotatable bonds is 13. The number of alkyl carbamates (subject to hydrolysis) is 1.